The Labute approximate surface area is 63.1 Å². The number of fused-ring (bicyclic) bond motifs is 1. The number of hydrogen-bond acceptors (Lipinski definition) is 3. The Morgan fingerprint density at radius 3 is 3.27 bits per heavy atom. The second-order valence-corrected chi connectivity index (χ2v) is 2.29. The van der Waals surface area contributed by atoms with Crippen LogP contribution in [0.5, 0.6) is 0 Å². The van der Waals surface area contributed by atoms with E-state index >= 15 is 0 Å². The number of aromatic nitrogens is 3. The predicted molar refractivity (Wildman–Crippen MR) is 38.9 cm³/mol. The number of aliphatic hydroxyl groups is 1. The molecule has 2 rings (SSSR count). The van der Waals surface area contributed by atoms with Crippen molar-refractivity contribution in [1.29, 1.82) is 0 Å². The van der Waals surface area contributed by atoms with Crippen molar-refractivity contribution < 1.29 is 5.11 Å². The highest BCUT2D eigenvalue weighted by Gasteiger charge is 1.94. The molecule has 1 N–H and O–H groups in total. The highest BCUT2D eigenvalue weighted by Crippen LogP contribution is 2.02. The molecule has 2 aromatic heterocycles. The van der Waals surface area contributed by atoms with Crippen molar-refractivity contribution >= 4 is 5.65 Å². The van der Waals surface area contributed by atoms with E-state index in [-0.39, 0.29) is 6.61 Å². The van der Waals surface area contributed by atoms with Gasteiger partial charge in [-0.1, -0.05) is 0 Å². The summed E-state index contributed by atoms with van der Waals surface area (Å²) in [5.74, 6) is 0. The van der Waals surface area contributed by atoms with Gasteiger partial charge in [-0.2, -0.15) is 0 Å². The summed E-state index contributed by atoms with van der Waals surface area (Å²) in [7, 11) is 0. The van der Waals surface area contributed by atoms with E-state index in [1.165, 1.54) is 0 Å². The lowest BCUT2D eigenvalue weighted by Crippen LogP contribution is -1.87. The quantitative estimate of drug-likeness (QED) is 0.631. The molecule has 0 radical (unpaired) electrons. The Morgan fingerprint density at radius 1 is 1.55 bits per heavy atom. The van der Waals surface area contributed by atoms with Gasteiger partial charge in [-0.25, -0.2) is 0 Å². The minimum absolute atomic E-state index is 0.0450. The van der Waals surface area contributed by atoms with Crippen molar-refractivity contribution in [2.45, 2.75) is 6.61 Å². The fourth-order valence-corrected chi connectivity index (χ4v) is 0.958. The van der Waals surface area contributed by atoms with Crippen molar-refractivity contribution in [3.8, 4) is 0 Å². The minimum atomic E-state index is 0.0450. The van der Waals surface area contributed by atoms with Gasteiger partial charge in [-0.15, -0.1) is 10.2 Å². The topological polar surface area (TPSA) is 50.4 Å². The first kappa shape index (κ1) is 6.30. The maximum atomic E-state index is 8.78. The molecular formula is C7H7N3O. The van der Waals surface area contributed by atoms with Crippen LogP contribution in [0.4, 0.5) is 0 Å². The molecule has 0 saturated heterocycles. The molecule has 56 valence electrons. The van der Waals surface area contributed by atoms with Gasteiger partial charge >= 0.3 is 0 Å². The van der Waals surface area contributed by atoms with Crippen LogP contribution in [0.3, 0.4) is 0 Å². The molecular weight excluding hydrogens is 142 g/mol. The smallest absolute Gasteiger partial charge is 0.160 e. The summed E-state index contributed by atoms with van der Waals surface area (Å²) < 4.78 is 1.79. The van der Waals surface area contributed by atoms with Gasteiger partial charge < -0.3 is 5.11 Å². The molecule has 2 heterocycles. The Hall–Kier alpha value is -1.42. The molecule has 0 aliphatic rings. The van der Waals surface area contributed by atoms with Crippen LogP contribution < -0.4 is 0 Å². The van der Waals surface area contributed by atoms with E-state index < -0.39 is 0 Å². The molecule has 0 spiro atoms. The van der Waals surface area contributed by atoms with Crippen LogP contribution in [0.15, 0.2) is 24.7 Å². The minimum Gasteiger partial charge on any atom is -0.392 e. The number of pyridine rings is 1. The van der Waals surface area contributed by atoms with Crippen molar-refractivity contribution in [1.82, 2.24) is 14.6 Å². The van der Waals surface area contributed by atoms with Gasteiger partial charge in [0, 0.05) is 6.20 Å². The molecule has 11 heavy (non-hydrogen) atoms. The monoisotopic (exact) mass is 149 g/mol. The van der Waals surface area contributed by atoms with Crippen LogP contribution in [-0.2, 0) is 6.61 Å². The SMILES string of the molecule is OCc1ccn2cnnc2c1. The molecule has 0 aliphatic heterocycles. The van der Waals surface area contributed by atoms with Crippen molar-refractivity contribution in [3.05, 3.63) is 30.2 Å². The highest BCUT2D eigenvalue weighted by molar-refractivity contribution is 5.39. The van der Waals surface area contributed by atoms with Crippen molar-refractivity contribution in [2.75, 3.05) is 0 Å². The second-order valence-electron chi connectivity index (χ2n) is 2.29. The summed E-state index contributed by atoms with van der Waals surface area (Å²) in [5, 5.41) is 16.3. The molecule has 0 amide bonds. The van der Waals surface area contributed by atoms with Crippen molar-refractivity contribution in [3.63, 3.8) is 0 Å². The van der Waals surface area contributed by atoms with E-state index in [1.807, 2.05) is 12.3 Å². The molecule has 0 bridgehead atoms. The average Bonchev–Trinajstić information content (AvgIpc) is 2.50. The van der Waals surface area contributed by atoms with Gasteiger partial charge in [0.2, 0.25) is 0 Å². The Morgan fingerprint density at radius 2 is 2.45 bits per heavy atom. The summed E-state index contributed by atoms with van der Waals surface area (Å²) in [5.41, 5.74) is 1.61. The molecule has 0 saturated carbocycles. The molecule has 4 heteroatoms. The van der Waals surface area contributed by atoms with Gasteiger partial charge in [-0.3, -0.25) is 4.40 Å². The molecule has 0 fully saturated rings. The highest BCUT2D eigenvalue weighted by atomic mass is 16.3. The molecule has 0 aromatic carbocycles. The van der Waals surface area contributed by atoms with Crippen LogP contribution in [0.2, 0.25) is 0 Å². The molecule has 0 unspecified atom stereocenters. The summed E-state index contributed by atoms with van der Waals surface area (Å²) in [6.07, 6.45) is 3.44. The Bertz CT molecular complexity index is 368. The molecule has 0 atom stereocenters. The van der Waals surface area contributed by atoms with Gasteiger partial charge in [0.1, 0.15) is 6.33 Å². The van der Waals surface area contributed by atoms with Gasteiger partial charge in [0.25, 0.3) is 0 Å². The van der Waals surface area contributed by atoms with E-state index in [0.717, 1.165) is 11.2 Å². The lowest BCUT2D eigenvalue weighted by molar-refractivity contribution is 0.282. The largest absolute Gasteiger partial charge is 0.392 e. The van der Waals surface area contributed by atoms with Crippen LogP contribution in [0, 0.1) is 0 Å². The third kappa shape index (κ3) is 0.969. The average molecular weight is 149 g/mol. The fourth-order valence-electron chi connectivity index (χ4n) is 0.958. The normalized spacial score (nSPS) is 10.6. The molecule has 4 nitrogen and oxygen atoms in total. The third-order valence-corrected chi connectivity index (χ3v) is 1.55. The van der Waals surface area contributed by atoms with E-state index in [2.05, 4.69) is 10.2 Å². The zero-order chi connectivity index (χ0) is 7.68. The van der Waals surface area contributed by atoms with Gasteiger partial charge in [0.15, 0.2) is 5.65 Å². The second kappa shape index (κ2) is 2.32. The van der Waals surface area contributed by atoms with E-state index in [9.17, 15) is 0 Å². The third-order valence-electron chi connectivity index (χ3n) is 1.55. The maximum absolute atomic E-state index is 8.78. The standard InChI is InChI=1S/C7H7N3O/c11-4-6-1-2-10-5-8-9-7(10)3-6/h1-3,5,11H,4H2. The summed E-state index contributed by atoms with van der Waals surface area (Å²) >= 11 is 0. The van der Waals surface area contributed by atoms with Crippen LogP contribution in [0.25, 0.3) is 5.65 Å². The number of aliphatic hydroxyl groups excluding tert-OH is 1. The fraction of sp³-hybridized carbons (Fsp3) is 0.143. The van der Waals surface area contributed by atoms with Crippen LogP contribution in [-0.4, -0.2) is 19.7 Å². The number of hydrogen-bond donors (Lipinski definition) is 1. The predicted octanol–water partition coefficient (Wildman–Crippen LogP) is 0.222. The van der Waals surface area contributed by atoms with Crippen LogP contribution in [0.1, 0.15) is 5.56 Å². The number of nitrogens with zero attached hydrogens (tertiary/aromatic N) is 3. The van der Waals surface area contributed by atoms with Gasteiger partial charge in [0.05, 0.1) is 6.61 Å². The summed E-state index contributed by atoms with van der Waals surface area (Å²) in [6, 6.07) is 3.63. The first-order valence-corrected chi connectivity index (χ1v) is 3.29. The van der Waals surface area contributed by atoms with Crippen molar-refractivity contribution in [2.24, 2.45) is 0 Å². The van der Waals surface area contributed by atoms with Gasteiger partial charge in [-0.05, 0) is 17.7 Å². The van der Waals surface area contributed by atoms with E-state index in [4.69, 9.17) is 5.11 Å². The lowest BCUT2D eigenvalue weighted by atomic mass is 10.3. The lowest BCUT2D eigenvalue weighted by Gasteiger charge is -1.94. The zero-order valence-corrected chi connectivity index (χ0v) is 5.81. The Balaban J connectivity index is 2.67. The summed E-state index contributed by atoms with van der Waals surface area (Å²) in [6.45, 7) is 0.0450. The first-order chi connectivity index (χ1) is 5.40. The van der Waals surface area contributed by atoms with Crippen LogP contribution >= 0.6 is 0 Å². The number of rotatable bonds is 1. The molecule has 2 aromatic rings. The van der Waals surface area contributed by atoms with E-state index in [0.29, 0.717) is 0 Å². The Kier molecular flexibility index (Phi) is 1.33. The first-order valence-electron chi connectivity index (χ1n) is 3.29. The summed E-state index contributed by atoms with van der Waals surface area (Å²) in [4.78, 5) is 0. The maximum Gasteiger partial charge on any atom is 0.160 e. The molecule has 0 aliphatic carbocycles. The van der Waals surface area contributed by atoms with E-state index in [1.54, 1.807) is 16.8 Å². The zero-order valence-electron chi connectivity index (χ0n) is 5.81.